The van der Waals surface area contributed by atoms with Crippen molar-refractivity contribution in [2.45, 2.75) is 6.42 Å². The number of halogens is 1. The summed E-state index contributed by atoms with van der Waals surface area (Å²) in [5.41, 5.74) is 2.39. The van der Waals surface area contributed by atoms with Crippen molar-refractivity contribution < 1.29 is 13.9 Å². The average molecular weight is 276 g/mol. The Bertz CT molecular complexity index is 544. The van der Waals surface area contributed by atoms with E-state index in [0.717, 1.165) is 0 Å². The van der Waals surface area contributed by atoms with E-state index in [1.165, 1.54) is 18.2 Å². The molecular formula is C13H13FN4O2. The number of hydrogen-bond acceptors (Lipinski definition) is 6. The highest BCUT2D eigenvalue weighted by Gasteiger charge is 2.05. The molecule has 0 unspecified atom stereocenters. The number of rotatable bonds is 7. The number of hydrazone groups is 1. The maximum absolute atomic E-state index is 13.7. The van der Waals surface area contributed by atoms with Gasteiger partial charge < -0.3 is 9.47 Å². The highest BCUT2D eigenvalue weighted by molar-refractivity contribution is 6.10. The van der Waals surface area contributed by atoms with Gasteiger partial charge >= 0.3 is 0 Å². The lowest BCUT2D eigenvalue weighted by atomic mass is 10.3. The number of ether oxygens (including phenoxy) is 2. The van der Waals surface area contributed by atoms with Crippen LogP contribution in [0, 0.1) is 28.5 Å². The molecule has 20 heavy (non-hydrogen) atoms. The predicted molar refractivity (Wildman–Crippen MR) is 70.7 cm³/mol. The van der Waals surface area contributed by atoms with E-state index in [-0.39, 0.29) is 11.5 Å². The highest BCUT2D eigenvalue weighted by Crippen LogP contribution is 2.21. The number of methoxy groups -OCH3 is 1. The molecule has 0 aliphatic rings. The monoisotopic (exact) mass is 276 g/mol. The van der Waals surface area contributed by atoms with Crippen molar-refractivity contribution in [3.8, 4) is 17.9 Å². The van der Waals surface area contributed by atoms with E-state index in [2.05, 4.69) is 10.5 Å². The minimum absolute atomic E-state index is 0.122. The third-order valence-electron chi connectivity index (χ3n) is 2.19. The van der Waals surface area contributed by atoms with Crippen LogP contribution in [0.15, 0.2) is 23.3 Å². The van der Waals surface area contributed by atoms with Crippen LogP contribution in [0.4, 0.5) is 10.1 Å². The van der Waals surface area contributed by atoms with Crippen LogP contribution in [0.5, 0.6) is 5.75 Å². The molecule has 1 aromatic carbocycles. The first-order valence-corrected chi connectivity index (χ1v) is 5.76. The van der Waals surface area contributed by atoms with Gasteiger partial charge in [-0.15, -0.1) is 0 Å². The molecule has 104 valence electrons. The van der Waals surface area contributed by atoms with E-state index in [1.807, 2.05) is 0 Å². The molecule has 0 saturated carbocycles. The van der Waals surface area contributed by atoms with Crippen molar-refractivity contribution >= 4 is 11.4 Å². The molecule has 1 aromatic rings. The summed E-state index contributed by atoms with van der Waals surface area (Å²) >= 11 is 0. The van der Waals surface area contributed by atoms with Gasteiger partial charge in [-0.1, -0.05) is 0 Å². The van der Waals surface area contributed by atoms with E-state index in [9.17, 15) is 4.39 Å². The summed E-state index contributed by atoms with van der Waals surface area (Å²) < 4.78 is 23.8. The Hall–Kier alpha value is -2.64. The van der Waals surface area contributed by atoms with Crippen LogP contribution in [0.3, 0.4) is 0 Å². The fraction of sp³-hybridized carbons (Fsp3) is 0.308. The van der Waals surface area contributed by atoms with E-state index < -0.39 is 5.82 Å². The van der Waals surface area contributed by atoms with E-state index in [0.29, 0.717) is 25.3 Å². The Labute approximate surface area is 116 Å². The molecule has 0 atom stereocenters. The van der Waals surface area contributed by atoms with Crippen LogP contribution >= 0.6 is 0 Å². The molecule has 1 N–H and O–H groups in total. The van der Waals surface area contributed by atoms with Crippen LogP contribution < -0.4 is 10.2 Å². The van der Waals surface area contributed by atoms with Gasteiger partial charge in [-0.05, 0) is 12.1 Å². The normalized spacial score (nSPS) is 9.20. The fourth-order valence-corrected chi connectivity index (χ4v) is 1.27. The lowest BCUT2D eigenvalue weighted by Gasteiger charge is -2.08. The van der Waals surface area contributed by atoms with Gasteiger partial charge in [-0.25, -0.2) is 4.39 Å². The van der Waals surface area contributed by atoms with Crippen molar-refractivity contribution in [1.82, 2.24) is 0 Å². The Balaban J connectivity index is 2.62. The van der Waals surface area contributed by atoms with E-state index in [1.54, 1.807) is 19.2 Å². The Morgan fingerprint density at radius 1 is 1.35 bits per heavy atom. The first kappa shape index (κ1) is 15.4. The number of anilines is 1. The predicted octanol–water partition coefficient (Wildman–Crippen LogP) is 2.06. The number of benzene rings is 1. The Morgan fingerprint density at radius 2 is 2.10 bits per heavy atom. The topological polar surface area (TPSA) is 90.4 Å². The molecule has 0 amide bonds. The molecule has 0 fully saturated rings. The smallest absolute Gasteiger partial charge is 0.237 e. The molecule has 1 rings (SSSR count). The second kappa shape index (κ2) is 8.46. The molecular weight excluding hydrogens is 263 g/mol. The molecule has 0 aromatic heterocycles. The Morgan fingerprint density at radius 3 is 2.70 bits per heavy atom. The first-order valence-electron chi connectivity index (χ1n) is 5.76. The molecule has 0 heterocycles. The van der Waals surface area contributed by atoms with Crippen LogP contribution in [0.2, 0.25) is 0 Å². The van der Waals surface area contributed by atoms with Gasteiger partial charge in [-0.3, -0.25) is 5.43 Å². The summed E-state index contributed by atoms with van der Waals surface area (Å²) in [5, 5.41) is 20.5. The van der Waals surface area contributed by atoms with Gasteiger partial charge in [0, 0.05) is 26.2 Å². The van der Waals surface area contributed by atoms with Gasteiger partial charge in [0.15, 0.2) is 11.6 Å². The third-order valence-corrected chi connectivity index (χ3v) is 2.19. The first-order chi connectivity index (χ1) is 9.71. The van der Waals surface area contributed by atoms with E-state index in [4.69, 9.17) is 20.0 Å². The lowest BCUT2D eigenvalue weighted by molar-refractivity contribution is 0.170. The van der Waals surface area contributed by atoms with Crippen molar-refractivity contribution in [3.63, 3.8) is 0 Å². The zero-order valence-electron chi connectivity index (χ0n) is 10.9. The lowest BCUT2D eigenvalue weighted by Crippen LogP contribution is -2.03. The average Bonchev–Trinajstić information content (AvgIpc) is 2.46. The summed E-state index contributed by atoms with van der Waals surface area (Å²) in [6.07, 6.45) is 0.661. The molecule has 0 spiro atoms. The van der Waals surface area contributed by atoms with Crippen molar-refractivity contribution in [3.05, 3.63) is 24.0 Å². The number of nitrogens with zero attached hydrogens (tertiary/aromatic N) is 3. The van der Waals surface area contributed by atoms with Gasteiger partial charge in [0.2, 0.25) is 5.71 Å². The molecule has 0 aliphatic heterocycles. The second-order valence-electron chi connectivity index (χ2n) is 3.64. The van der Waals surface area contributed by atoms with Gasteiger partial charge in [0.05, 0.1) is 12.3 Å². The molecule has 0 saturated heterocycles. The molecule has 0 bridgehead atoms. The molecule has 7 heteroatoms. The summed E-state index contributed by atoms with van der Waals surface area (Å²) in [7, 11) is 1.58. The largest absolute Gasteiger partial charge is 0.490 e. The number of hydrogen-bond donors (Lipinski definition) is 1. The zero-order chi connectivity index (χ0) is 14.8. The van der Waals surface area contributed by atoms with Gasteiger partial charge in [0.1, 0.15) is 12.1 Å². The zero-order valence-corrected chi connectivity index (χ0v) is 10.9. The van der Waals surface area contributed by atoms with Crippen molar-refractivity contribution in [1.29, 1.82) is 10.5 Å². The van der Waals surface area contributed by atoms with Crippen molar-refractivity contribution in [2.75, 3.05) is 25.7 Å². The molecule has 0 aliphatic carbocycles. The molecule has 6 nitrogen and oxygen atoms in total. The maximum atomic E-state index is 13.7. The molecule has 0 radical (unpaired) electrons. The summed E-state index contributed by atoms with van der Waals surface area (Å²) in [6.45, 7) is 0.893. The number of nitrogens with one attached hydrogen (secondary N) is 1. The van der Waals surface area contributed by atoms with Gasteiger partial charge in [-0.2, -0.15) is 15.6 Å². The maximum Gasteiger partial charge on any atom is 0.237 e. The van der Waals surface area contributed by atoms with Crippen molar-refractivity contribution in [2.24, 2.45) is 5.10 Å². The van der Waals surface area contributed by atoms with Gasteiger partial charge in [0.25, 0.3) is 0 Å². The standard InChI is InChI=1S/C13H13FN4O2/c1-19-5-2-6-20-13-4-3-10(7-12(13)14)17-18-11(8-15)9-16/h3-4,7,17H,2,5-6H2,1H3. The number of nitriles is 2. The van der Waals surface area contributed by atoms with Crippen LogP contribution in [0.1, 0.15) is 6.42 Å². The quantitative estimate of drug-likeness (QED) is 0.467. The Kier molecular flexibility index (Phi) is 6.52. The van der Waals surface area contributed by atoms with Crippen LogP contribution in [-0.2, 0) is 4.74 Å². The third kappa shape index (κ3) is 4.92. The summed E-state index contributed by atoms with van der Waals surface area (Å²) in [4.78, 5) is 0. The highest BCUT2D eigenvalue weighted by atomic mass is 19.1. The summed E-state index contributed by atoms with van der Waals surface area (Å²) in [5.74, 6) is -0.436. The minimum atomic E-state index is -0.557. The fourth-order valence-electron chi connectivity index (χ4n) is 1.27. The second-order valence-corrected chi connectivity index (χ2v) is 3.64. The SMILES string of the molecule is COCCCOc1ccc(NN=C(C#N)C#N)cc1F. The van der Waals surface area contributed by atoms with Crippen LogP contribution in [0.25, 0.3) is 0 Å². The minimum Gasteiger partial charge on any atom is -0.490 e. The van der Waals surface area contributed by atoms with E-state index >= 15 is 0 Å². The summed E-state index contributed by atoms with van der Waals surface area (Å²) in [6, 6.07) is 7.31. The van der Waals surface area contributed by atoms with Crippen LogP contribution in [-0.4, -0.2) is 26.0 Å².